The van der Waals surface area contributed by atoms with E-state index in [0.29, 0.717) is 0 Å². The fraction of sp³-hybridized carbons (Fsp3) is 0.100. The second-order valence-corrected chi connectivity index (χ2v) is 7.41. The summed E-state index contributed by atoms with van der Waals surface area (Å²) < 4.78 is 17.4. The Morgan fingerprint density at radius 1 is 0.571 bits per heavy atom. The third-order valence-electron chi connectivity index (χ3n) is 4.83. The minimum absolute atomic E-state index is 0.0665. The Morgan fingerprint density at radius 3 is 1.39 bits per heavy atom. The lowest BCUT2D eigenvalue weighted by molar-refractivity contribution is 0.282. The zero-order valence-electron chi connectivity index (χ0n) is 14.5. The minimum Gasteiger partial charge on any atom is -0.392 e. The van der Waals surface area contributed by atoms with Gasteiger partial charge in [0, 0.05) is 11.1 Å². The number of aliphatic hydroxyl groups excluding tert-OH is 2. The molecule has 2 heterocycles. The van der Waals surface area contributed by atoms with Crippen LogP contribution in [0.5, 0.6) is 0 Å². The normalized spacial score (nSPS) is 11.5. The molecule has 0 amide bonds. The molecule has 138 valence electrons. The average Bonchev–Trinajstić information content (AvgIpc) is 3.41. The molecule has 28 heavy (non-hydrogen) atoms. The first-order chi connectivity index (χ1) is 13.8. The summed E-state index contributed by atoms with van der Waals surface area (Å²) in [6.07, 6.45) is 0. The van der Waals surface area contributed by atoms with Gasteiger partial charge in [-0.25, -0.2) is 0 Å². The summed E-state index contributed by atoms with van der Waals surface area (Å²) in [6, 6.07) is 15.5. The number of rotatable bonds is 4. The molecule has 0 aliphatic heterocycles. The lowest BCUT2D eigenvalue weighted by atomic mass is 9.94. The van der Waals surface area contributed by atoms with Crippen molar-refractivity contribution >= 4 is 45.5 Å². The summed E-state index contributed by atoms with van der Waals surface area (Å²) >= 11 is 2.33. The summed E-state index contributed by atoms with van der Waals surface area (Å²) in [5.41, 5.74) is 8.58. The Labute approximate surface area is 168 Å². The Kier molecular flexibility index (Phi) is 4.33. The van der Waals surface area contributed by atoms with Crippen LogP contribution in [0.15, 0.2) is 48.5 Å². The first-order valence-corrected chi connectivity index (χ1v) is 10.1. The van der Waals surface area contributed by atoms with Crippen LogP contribution in [0.4, 0.5) is 0 Å². The van der Waals surface area contributed by atoms with Crippen LogP contribution in [0, 0.1) is 0 Å². The van der Waals surface area contributed by atoms with Crippen molar-refractivity contribution in [1.82, 2.24) is 17.5 Å². The predicted octanol–water partition coefficient (Wildman–Crippen LogP) is 4.01. The molecule has 0 bridgehead atoms. The van der Waals surface area contributed by atoms with Gasteiger partial charge >= 0.3 is 0 Å². The maximum atomic E-state index is 9.79. The molecular formula is C20H14N4O2S2. The van der Waals surface area contributed by atoms with E-state index >= 15 is 0 Å². The number of nitrogens with zero attached hydrogens (tertiary/aromatic N) is 4. The number of fused-ring (bicyclic) bond motifs is 2. The molecule has 0 radical (unpaired) electrons. The van der Waals surface area contributed by atoms with Crippen LogP contribution >= 0.6 is 23.5 Å². The molecule has 5 rings (SSSR count). The van der Waals surface area contributed by atoms with Crippen molar-refractivity contribution in [3.63, 3.8) is 0 Å². The maximum Gasteiger partial charge on any atom is 0.112 e. The van der Waals surface area contributed by atoms with E-state index in [4.69, 9.17) is 0 Å². The van der Waals surface area contributed by atoms with Crippen LogP contribution in [0.1, 0.15) is 11.1 Å². The Hall–Kier alpha value is -2.78. The highest BCUT2D eigenvalue weighted by molar-refractivity contribution is 7.00. The molecule has 8 heteroatoms. The van der Waals surface area contributed by atoms with Gasteiger partial charge < -0.3 is 10.2 Å². The third-order valence-corrected chi connectivity index (χ3v) is 5.92. The van der Waals surface area contributed by atoms with Crippen molar-refractivity contribution in [3.05, 3.63) is 59.7 Å². The highest BCUT2D eigenvalue weighted by Crippen LogP contribution is 2.35. The summed E-state index contributed by atoms with van der Waals surface area (Å²) in [5, 5.41) is 19.6. The zero-order chi connectivity index (χ0) is 19.1. The van der Waals surface area contributed by atoms with Crippen LogP contribution in [0.2, 0.25) is 0 Å². The Balaban J connectivity index is 1.68. The molecule has 0 aliphatic rings. The highest BCUT2D eigenvalue weighted by atomic mass is 32.1. The molecule has 0 atom stereocenters. The molecule has 0 saturated heterocycles. The first kappa shape index (κ1) is 17.3. The van der Waals surface area contributed by atoms with E-state index in [0.717, 1.165) is 78.9 Å². The predicted molar refractivity (Wildman–Crippen MR) is 111 cm³/mol. The van der Waals surface area contributed by atoms with Gasteiger partial charge in [-0.15, -0.1) is 0 Å². The number of aliphatic hydroxyl groups is 2. The maximum absolute atomic E-state index is 9.79. The summed E-state index contributed by atoms with van der Waals surface area (Å²) in [6.45, 7) is -0.133. The second-order valence-electron chi connectivity index (χ2n) is 6.36. The van der Waals surface area contributed by atoms with Crippen molar-refractivity contribution in [1.29, 1.82) is 0 Å². The minimum atomic E-state index is -0.0665. The number of benzene rings is 3. The Morgan fingerprint density at radius 2 is 1.00 bits per heavy atom. The lowest BCUT2D eigenvalue weighted by Crippen LogP contribution is -1.93. The largest absolute Gasteiger partial charge is 0.392 e. The van der Waals surface area contributed by atoms with Crippen molar-refractivity contribution in [2.75, 3.05) is 0 Å². The van der Waals surface area contributed by atoms with Gasteiger partial charge in [-0.2, -0.15) is 17.5 Å². The molecule has 0 unspecified atom stereocenters. The molecule has 2 N–H and O–H groups in total. The van der Waals surface area contributed by atoms with Gasteiger partial charge in [0.25, 0.3) is 0 Å². The molecule has 0 fully saturated rings. The third kappa shape index (κ3) is 2.70. The highest BCUT2D eigenvalue weighted by Gasteiger charge is 2.15. The molecule has 5 aromatic rings. The van der Waals surface area contributed by atoms with Gasteiger partial charge in [0.2, 0.25) is 0 Å². The van der Waals surface area contributed by atoms with Gasteiger partial charge in [0.15, 0.2) is 0 Å². The fourth-order valence-corrected chi connectivity index (χ4v) is 4.58. The van der Waals surface area contributed by atoms with Gasteiger partial charge in [-0.05, 0) is 34.4 Å². The number of hydrogen-bond donors (Lipinski definition) is 2. The summed E-state index contributed by atoms with van der Waals surface area (Å²) in [5.74, 6) is 0. The van der Waals surface area contributed by atoms with Gasteiger partial charge in [-0.1, -0.05) is 36.4 Å². The lowest BCUT2D eigenvalue weighted by Gasteiger charge is -2.11. The van der Waals surface area contributed by atoms with Crippen molar-refractivity contribution in [2.45, 2.75) is 13.2 Å². The number of aromatic nitrogens is 4. The van der Waals surface area contributed by atoms with Gasteiger partial charge in [0.05, 0.1) is 36.7 Å². The van der Waals surface area contributed by atoms with Crippen molar-refractivity contribution in [2.24, 2.45) is 0 Å². The molecule has 2 aromatic heterocycles. The van der Waals surface area contributed by atoms with E-state index in [2.05, 4.69) is 17.5 Å². The monoisotopic (exact) mass is 406 g/mol. The molecule has 0 saturated carbocycles. The van der Waals surface area contributed by atoms with Crippen LogP contribution in [-0.2, 0) is 13.2 Å². The standard InChI is InChI=1S/C20H14N4O2S2/c25-9-13-5-7-15-19(23-27-21-15)17(13)11-1-2-12(4-3-11)18-14(10-26)6-8-16-20(18)24-28-22-16/h1-8,25-26H,9-10H2. The van der Waals surface area contributed by atoms with E-state index < -0.39 is 0 Å². The average molecular weight is 406 g/mol. The molecule has 0 aliphatic carbocycles. The van der Waals surface area contributed by atoms with E-state index in [1.54, 1.807) is 0 Å². The molecule has 3 aromatic carbocycles. The molecule has 0 spiro atoms. The van der Waals surface area contributed by atoms with Crippen molar-refractivity contribution in [3.8, 4) is 22.3 Å². The summed E-state index contributed by atoms with van der Waals surface area (Å²) in [4.78, 5) is 0. The molecular weight excluding hydrogens is 392 g/mol. The van der Waals surface area contributed by atoms with Crippen LogP contribution < -0.4 is 0 Å². The van der Waals surface area contributed by atoms with Gasteiger partial charge in [-0.3, -0.25) is 0 Å². The van der Waals surface area contributed by atoms with E-state index in [9.17, 15) is 10.2 Å². The van der Waals surface area contributed by atoms with Crippen molar-refractivity contribution < 1.29 is 10.2 Å². The second kappa shape index (κ2) is 6.99. The van der Waals surface area contributed by atoms with Gasteiger partial charge in [0.1, 0.15) is 22.1 Å². The van der Waals surface area contributed by atoms with E-state index in [-0.39, 0.29) is 13.2 Å². The first-order valence-electron chi connectivity index (χ1n) is 8.61. The quantitative estimate of drug-likeness (QED) is 0.468. The topological polar surface area (TPSA) is 92.0 Å². The fourth-order valence-electron chi connectivity index (χ4n) is 3.50. The summed E-state index contributed by atoms with van der Waals surface area (Å²) in [7, 11) is 0. The van der Waals surface area contributed by atoms with Crippen LogP contribution in [0.3, 0.4) is 0 Å². The smallest absolute Gasteiger partial charge is 0.112 e. The Bertz CT molecular complexity index is 1190. The SMILES string of the molecule is OCc1ccc2nsnc2c1-c1ccc(-c2c(CO)ccc3nsnc23)cc1. The van der Waals surface area contributed by atoms with E-state index in [1.165, 1.54) is 0 Å². The van der Waals surface area contributed by atoms with Crippen LogP contribution in [0.25, 0.3) is 44.3 Å². The van der Waals surface area contributed by atoms with Crippen LogP contribution in [-0.4, -0.2) is 27.7 Å². The zero-order valence-corrected chi connectivity index (χ0v) is 16.2. The van der Waals surface area contributed by atoms with E-state index in [1.807, 2.05) is 48.5 Å². The molecule has 6 nitrogen and oxygen atoms in total. The number of hydrogen-bond acceptors (Lipinski definition) is 8.